The smallest absolute Gasteiger partial charge is 0.419 e. The molecule has 0 saturated carbocycles. The van der Waals surface area contributed by atoms with Crippen molar-refractivity contribution in [3.63, 3.8) is 0 Å². The summed E-state index contributed by atoms with van der Waals surface area (Å²) in [7, 11) is 0. The van der Waals surface area contributed by atoms with Gasteiger partial charge in [0.1, 0.15) is 35.4 Å². The minimum Gasteiger partial charge on any atom is -0.458 e. The summed E-state index contributed by atoms with van der Waals surface area (Å²) in [6, 6.07) is 22.1. The molecule has 4 aromatic rings. The first-order valence-electron chi connectivity index (χ1n) is 23.8. The molecule has 0 aliphatic carbocycles. The number of esters is 1. The number of carbonyl (C=O) groups excluding carboxylic acids is 6. The summed E-state index contributed by atoms with van der Waals surface area (Å²) >= 11 is 0. The monoisotopic (exact) mass is 967 g/mol. The van der Waals surface area contributed by atoms with Crippen LogP contribution in [-0.4, -0.2) is 106 Å². The van der Waals surface area contributed by atoms with Gasteiger partial charge in [0.05, 0.1) is 22.9 Å². The van der Waals surface area contributed by atoms with E-state index in [-0.39, 0.29) is 25.9 Å². The molecule has 380 valence electrons. The van der Waals surface area contributed by atoms with Crippen molar-refractivity contribution in [3.05, 3.63) is 108 Å². The van der Waals surface area contributed by atoms with Gasteiger partial charge in [0.2, 0.25) is 17.7 Å². The lowest BCUT2D eigenvalue weighted by Crippen LogP contribution is -2.59. The van der Waals surface area contributed by atoms with Crippen molar-refractivity contribution in [1.82, 2.24) is 25.8 Å². The van der Waals surface area contributed by atoms with Crippen molar-refractivity contribution in [2.24, 2.45) is 4.99 Å². The maximum atomic E-state index is 14.9. The molecule has 3 aromatic carbocycles. The molecular weight excluding hydrogens is 893 g/mol. The first kappa shape index (κ1) is 56.0. The van der Waals surface area contributed by atoms with Gasteiger partial charge in [-0.15, -0.1) is 0 Å². The Kier molecular flexibility index (Phi) is 19.5. The molecule has 0 saturated heterocycles. The predicted octanol–water partition coefficient (Wildman–Crippen LogP) is 8.20. The molecule has 0 spiro atoms. The summed E-state index contributed by atoms with van der Waals surface area (Å²) in [6.07, 6.45) is 0.151. The molecule has 0 aliphatic heterocycles. The van der Waals surface area contributed by atoms with Crippen LogP contribution in [0.2, 0.25) is 0 Å². The van der Waals surface area contributed by atoms with E-state index in [1.54, 1.807) is 99.7 Å². The quantitative estimate of drug-likeness (QED) is 0.0307. The number of ether oxygens (including phenoxy) is 4. The van der Waals surface area contributed by atoms with E-state index in [0.29, 0.717) is 35.0 Å². The van der Waals surface area contributed by atoms with E-state index in [0.717, 1.165) is 11.1 Å². The van der Waals surface area contributed by atoms with Crippen LogP contribution in [0.3, 0.4) is 0 Å². The van der Waals surface area contributed by atoms with Crippen LogP contribution in [0, 0.1) is 0 Å². The first-order chi connectivity index (χ1) is 32.6. The molecule has 4 atom stereocenters. The van der Waals surface area contributed by atoms with E-state index in [1.807, 2.05) is 81.4 Å². The van der Waals surface area contributed by atoms with Crippen molar-refractivity contribution in [2.45, 2.75) is 162 Å². The summed E-state index contributed by atoms with van der Waals surface area (Å²) in [5, 5.41) is 11.9. The summed E-state index contributed by atoms with van der Waals surface area (Å²) in [5.74, 6) is -2.76. The highest BCUT2D eigenvalue weighted by Crippen LogP contribution is 2.25. The zero-order valence-corrected chi connectivity index (χ0v) is 43.2. The van der Waals surface area contributed by atoms with Gasteiger partial charge in [-0.25, -0.2) is 14.4 Å². The van der Waals surface area contributed by atoms with Crippen LogP contribution in [0.1, 0.15) is 126 Å². The van der Waals surface area contributed by atoms with Crippen LogP contribution < -0.4 is 21.3 Å². The molecule has 16 heteroatoms. The third-order valence-corrected chi connectivity index (χ3v) is 10.1. The van der Waals surface area contributed by atoms with E-state index in [9.17, 15) is 28.8 Å². The van der Waals surface area contributed by atoms with Crippen LogP contribution >= 0.6 is 0 Å². The highest BCUT2D eigenvalue weighted by molar-refractivity contribution is 6.13. The van der Waals surface area contributed by atoms with Gasteiger partial charge in [0.15, 0.2) is 6.04 Å². The highest BCUT2D eigenvalue weighted by Gasteiger charge is 2.37. The van der Waals surface area contributed by atoms with Crippen molar-refractivity contribution in [2.75, 3.05) is 13.1 Å². The zero-order chi connectivity index (χ0) is 52.0. The van der Waals surface area contributed by atoms with Gasteiger partial charge in [-0.2, -0.15) is 0 Å². The predicted molar refractivity (Wildman–Crippen MR) is 271 cm³/mol. The Labute approximate surface area is 413 Å². The van der Waals surface area contributed by atoms with E-state index >= 15 is 0 Å². The maximum absolute atomic E-state index is 14.9. The number of benzene rings is 3. The highest BCUT2D eigenvalue weighted by atomic mass is 16.6. The maximum Gasteiger partial charge on any atom is 0.419 e. The number of alkyl carbamates (subject to hydrolysis) is 1. The van der Waals surface area contributed by atoms with Crippen LogP contribution in [0.4, 0.5) is 9.59 Å². The lowest BCUT2D eigenvalue weighted by molar-refractivity contribution is -0.166. The van der Waals surface area contributed by atoms with Gasteiger partial charge >= 0.3 is 18.2 Å². The fraction of sp³-hybridized carbons (Fsp3) is 0.500. The molecule has 4 rings (SSSR count). The molecule has 0 aliphatic rings. The molecule has 4 amide bonds. The topological polar surface area (TPSA) is 205 Å². The van der Waals surface area contributed by atoms with Gasteiger partial charge in [-0.05, 0) is 121 Å². The number of fused-ring (bicyclic) bond motifs is 1. The number of carbonyl (C=O) groups is 6. The molecule has 0 bridgehead atoms. The molecule has 4 N–H and O–H groups in total. The standard InChI is InChI=1S/C54H74N6O10/c1-35(67-51(2,3)4)44(48(64)68-52(5,6)7)59-46(62)40(29-22-23-31-55-49(65)69-53(8,9)10)58-47(63)41(32-38-34-60(50(66)70-54(11,12)13)42-30-21-20-28-39(38)42)57-43(61)33-56-45(36-24-16-14-17-25-36)37-26-18-15-19-27-37/h14-21,24-28,30,34-35,40-41,44H,22-23,29,31-33H2,1-13H3,(H,55,65)(H,57,61)(H,58,63)(H,59,62)/t35-,40+,41-,44+/m1/s1. The number of hydrogen-bond donors (Lipinski definition) is 4. The number of rotatable bonds is 19. The van der Waals surface area contributed by atoms with Crippen molar-refractivity contribution in [3.8, 4) is 0 Å². The second-order valence-corrected chi connectivity index (χ2v) is 21.2. The Hall–Kier alpha value is -6.55. The second-order valence-electron chi connectivity index (χ2n) is 21.2. The number of nitrogens with one attached hydrogen (secondary N) is 4. The zero-order valence-electron chi connectivity index (χ0n) is 43.2. The Morgan fingerprint density at radius 3 is 1.71 bits per heavy atom. The minimum atomic E-state index is -1.31. The Morgan fingerprint density at radius 1 is 0.614 bits per heavy atom. The van der Waals surface area contributed by atoms with Crippen molar-refractivity contribution < 1.29 is 47.7 Å². The van der Waals surface area contributed by atoms with Crippen LogP contribution in [0.25, 0.3) is 10.9 Å². The van der Waals surface area contributed by atoms with E-state index in [2.05, 4.69) is 21.3 Å². The number of aromatic nitrogens is 1. The van der Waals surface area contributed by atoms with E-state index in [4.69, 9.17) is 23.9 Å². The molecule has 70 heavy (non-hydrogen) atoms. The Morgan fingerprint density at radius 2 is 1.16 bits per heavy atom. The molecule has 1 aromatic heterocycles. The lowest BCUT2D eigenvalue weighted by atomic mass is 10.0. The van der Waals surface area contributed by atoms with Gasteiger partial charge in [-0.3, -0.25) is 23.9 Å². The van der Waals surface area contributed by atoms with E-state index < -0.39 is 82.5 Å². The molecule has 0 fully saturated rings. The van der Waals surface area contributed by atoms with Gasteiger partial charge < -0.3 is 40.2 Å². The Bertz CT molecular complexity index is 2400. The average molecular weight is 967 g/mol. The molecular formula is C54H74N6O10. The fourth-order valence-electron chi connectivity index (χ4n) is 7.37. The molecule has 1 heterocycles. The minimum absolute atomic E-state index is 0.0591. The fourth-order valence-corrected chi connectivity index (χ4v) is 7.37. The van der Waals surface area contributed by atoms with Crippen LogP contribution in [0.5, 0.6) is 0 Å². The van der Waals surface area contributed by atoms with Gasteiger partial charge in [0, 0.05) is 35.7 Å². The number of amides is 4. The summed E-state index contributed by atoms with van der Waals surface area (Å²) in [4.78, 5) is 87.9. The number of para-hydroxylation sites is 1. The number of unbranched alkanes of at least 4 members (excludes halogenated alkanes) is 1. The molecule has 16 nitrogen and oxygen atoms in total. The summed E-state index contributed by atoms with van der Waals surface area (Å²) in [6.45, 7) is 22.6. The van der Waals surface area contributed by atoms with Crippen molar-refractivity contribution in [1.29, 1.82) is 0 Å². The van der Waals surface area contributed by atoms with Crippen LogP contribution in [-0.2, 0) is 44.5 Å². The molecule has 0 unspecified atom stereocenters. The Balaban J connectivity index is 1.74. The van der Waals surface area contributed by atoms with Gasteiger partial charge in [0.25, 0.3) is 0 Å². The van der Waals surface area contributed by atoms with Crippen molar-refractivity contribution >= 4 is 52.5 Å². The van der Waals surface area contributed by atoms with E-state index in [1.165, 1.54) is 4.57 Å². The molecule has 0 radical (unpaired) electrons. The van der Waals surface area contributed by atoms with Gasteiger partial charge in [-0.1, -0.05) is 78.9 Å². The second kappa shape index (κ2) is 24.3. The third kappa shape index (κ3) is 18.7. The number of aliphatic imine (C=N–C) groups is 1. The SMILES string of the molecule is C[C@@H](OC(C)(C)C)[C@H](NC(=O)[C@H](CCCCNC(=O)OC(C)(C)C)NC(=O)[C@@H](Cc1cn(C(=O)OC(C)(C)C)c2ccccc12)NC(=O)CN=C(c1ccccc1)c1ccccc1)C(=O)OC(C)(C)C. The number of hydrogen-bond acceptors (Lipinski definition) is 11. The normalized spacial score (nSPS) is 13.7. The largest absolute Gasteiger partial charge is 0.458 e. The first-order valence-corrected chi connectivity index (χ1v) is 23.8. The third-order valence-electron chi connectivity index (χ3n) is 10.1. The lowest BCUT2D eigenvalue weighted by Gasteiger charge is -2.33. The average Bonchev–Trinajstić information content (AvgIpc) is 3.61. The van der Waals surface area contributed by atoms with Crippen LogP contribution in [0.15, 0.2) is 96.1 Å². The summed E-state index contributed by atoms with van der Waals surface area (Å²) in [5.41, 5.74) is 0.0800. The number of nitrogens with zero attached hydrogens (tertiary/aromatic N) is 2. The summed E-state index contributed by atoms with van der Waals surface area (Å²) < 4.78 is 24.3.